The molecule has 1 aliphatic rings. The molecule has 1 fully saturated rings. The minimum Gasteiger partial charge on any atom is -0.326 e. The Morgan fingerprint density at radius 2 is 2.07 bits per heavy atom. The summed E-state index contributed by atoms with van der Waals surface area (Å²) >= 11 is 1.90. The lowest BCUT2D eigenvalue weighted by molar-refractivity contribution is -0.116. The molecule has 1 saturated heterocycles. The number of imidazole rings is 1. The standard InChI is InChI=1S/C20H22N4OS.2ClH/c1-14-3-2-9-24-12-18(23-20(14)24)15-4-6-16(7-5-15)22-19(25)11-17-13-26-10-8-21-17;;/h2-7,9,12,17,21H,8,10-11,13H2,1H3,(H,22,25);2*1H. The molecule has 3 heterocycles. The minimum absolute atomic E-state index is 0. The van der Waals surface area contributed by atoms with Crippen LogP contribution in [0.2, 0.25) is 0 Å². The van der Waals surface area contributed by atoms with E-state index in [0.29, 0.717) is 6.42 Å². The number of nitrogens with zero attached hydrogens (tertiary/aromatic N) is 2. The van der Waals surface area contributed by atoms with E-state index in [2.05, 4.69) is 23.6 Å². The third-order valence-corrected chi connectivity index (χ3v) is 5.70. The van der Waals surface area contributed by atoms with Crippen LogP contribution in [0.3, 0.4) is 0 Å². The van der Waals surface area contributed by atoms with Gasteiger partial charge in [-0.25, -0.2) is 4.98 Å². The van der Waals surface area contributed by atoms with Gasteiger partial charge >= 0.3 is 0 Å². The molecule has 0 saturated carbocycles. The monoisotopic (exact) mass is 438 g/mol. The van der Waals surface area contributed by atoms with Gasteiger partial charge in [0.25, 0.3) is 0 Å². The van der Waals surface area contributed by atoms with Crippen LogP contribution in [-0.4, -0.2) is 39.4 Å². The first-order chi connectivity index (χ1) is 12.7. The molecule has 0 radical (unpaired) electrons. The molecule has 28 heavy (non-hydrogen) atoms. The van der Waals surface area contributed by atoms with Crippen molar-refractivity contribution in [1.82, 2.24) is 14.7 Å². The zero-order chi connectivity index (χ0) is 17.9. The highest BCUT2D eigenvalue weighted by Crippen LogP contribution is 2.22. The maximum Gasteiger partial charge on any atom is 0.225 e. The number of nitrogens with one attached hydrogen (secondary N) is 2. The average Bonchev–Trinajstić information content (AvgIpc) is 3.09. The van der Waals surface area contributed by atoms with E-state index in [1.54, 1.807) is 0 Å². The van der Waals surface area contributed by atoms with Crippen LogP contribution in [-0.2, 0) is 4.79 Å². The van der Waals surface area contributed by atoms with Gasteiger partial charge in [-0.15, -0.1) is 24.8 Å². The number of rotatable bonds is 4. The zero-order valence-corrected chi connectivity index (χ0v) is 18.0. The quantitative estimate of drug-likeness (QED) is 0.640. The number of hydrogen-bond donors (Lipinski definition) is 2. The predicted octanol–water partition coefficient (Wildman–Crippen LogP) is 4.19. The van der Waals surface area contributed by atoms with Crippen LogP contribution in [0, 0.1) is 6.92 Å². The Morgan fingerprint density at radius 3 is 2.75 bits per heavy atom. The van der Waals surface area contributed by atoms with Crippen molar-refractivity contribution < 1.29 is 4.79 Å². The van der Waals surface area contributed by atoms with Crippen LogP contribution in [0.1, 0.15) is 12.0 Å². The topological polar surface area (TPSA) is 58.4 Å². The molecule has 0 bridgehead atoms. The second-order valence-electron chi connectivity index (χ2n) is 6.60. The lowest BCUT2D eigenvalue weighted by atomic mass is 10.1. The number of benzene rings is 1. The Hall–Kier alpha value is -1.73. The van der Waals surface area contributed by atoms with Crippen LogP contribution < -0.4 is 10.6 Å². The lowest BCUT2D eigenvalue weighted by Gasteiger charge is -2.22. The molecular formula is C20H24Cl2N4OS. The van der Waals surface area contributed by atoms with Crippen molar-refractivity contribution in [2.75, 3.05) is 23.4 Å². The van der Waals surface area contributed by atoms with Crippen molar-refractivity contribution in [2.24, 2.45) is 0 Å². The van der Waals surface area contributed by atoms with E-state index < -0.39 is 0 Å². The highest BCUT2D eigenvalue weighted by molar-refractivity contribution is 7.99. The molecule has 150 valence electrons. The fourth-order valence-electron chi connectivity index (χ4n) is 3.20. The van der Waals surface area contributed by atoms with E-state index in [1.807, 2.05) is 58.9 Å². The molecule has 2 N–H and O–H groups in total. The number of fused-ring (bicyclic) bond motifs is 1. The molecule has 5 nitrogen and oxygen atoms in total. The summed E-state index contributed by atoms with van der Waals surface area (Å²) in [7, 11) is 0. The fourth-order valence-corrected chi connectivity index (χ4v) is 4.15. The Bertz CT molecular complexity index is 924. The Balaban J connectivity index is 0.00000140. The van der Waals surface area contributed by atoms with Crippen molar-refractivity contribution in [2.45, 2.75) is 19.4 Å². The summed E-state index contributed by atoms with van der Waals surface area (Å²) in [6, 6.07) is 12.2. The number of aromatic nitrogens is 2. The Labute approximate surface area is 181 Å². The molecule has 1 amide bonds. The number of amides is 1. The van der Waals surface area contributed by atoms with Crippen LogP contribution >= 0.6 is 36.6 Å². The molecule has 1 unspecified atom stereocenters. The molecule has 1 aliphatic heterocycles. The van der Waals surface area contributed by atoms with Gasteiger partial charge in [0.1, 0.15) is 5.65 Å². The van der Waals surface area contributed by atoms with Crippen LogP contribution in [0.25, 0.3) is 16.9 Å². The smallest absolute Gasteiger partial charge is 0.225 e. The van der Waals surface area contributed by atoms with Crippen molar-refractivity contribution in [3.05, 3.63) is 54.4 Å². The van der Waals surface area contributed by atoms with Gasteiger partial charge in [-0.05, 0) is 30.7 Å². The molecule has 0 spiro atoms. The van der Waals surface area contributed by atoms with Gasteiger partial charge in [0.2, 0.25) is 5.91 Å². The number of carbonyl (C=O) groups excluding carboxylic acids is 1. The first-order valence-electron chi connectivity index (χ1n) is 8.85. The maximum absolute atomic E-state index is 12.2. The molecule has 1 atom stereocenters. The number of hydrogen-bond acceptors (Lipinski definition) is 4. The number of halogens is 2. The van der Waals surface area contributed by atoms with Gasteiger partial charge in [0.05, 0.1) is 5.69 Å². The third kappa shape index (κ3) is 5.20. The summed E-state index contributed by atoms with van der Waals surface area (Å²) in [6.07, 6.45) is 4.55. The van der Waals surface area contributed by atoms with E-state index in [1.165, 1.54) is 0 Å². The largest absolute Gasteiger partial charge is 0.326 e. The summed E-state index contributed by atoms with van der Waals surface area (Å²) < 4.78 is 2.04. The Kier molecular flexibility index (Phi) is 8.19. The molecule has 8 heteroatoms. The van der Waals surface area contributed by atoms with Gasteiger partial charge in [0, 0.05) is 54.2 Å². The summed E-state index contributed by atoms with van der Waals surface area (Å²) in [5.74, 6) is 2.18. The van der Waals surface area contributed by atoms with E-state index >= 15 is 0 Å². The number of aryl methyl sites for hydroxylation is 1. The molecule has 2 aromatic heterocycles. The van der Waals surface area contributed by atoms with E-state index in [4.69, 9.17) is 4.98 Å². The molecule has 4 rings (SSSR count). The second-order valence-corrected chi connectivity index (χ2v) is 7.75. The first kappa shape index (κ1) is 22.6. The van der Waals surface area contributed by atoms with Crippen molar-refractivity contribution in [3.8, 4) is 11.3 Å². The van der Waals surface area contributed by atoms with Crippen molar-refractivity contribution in [1.29, 1.82) is 0 Å². The van der Waals surface area contributed by atoms with Crippen molar-refractivity contribution in [3.63, 3.8) is 0 Å². The summed E-state index contributed by atoms with van der Waals surface area (Å²) in [6.45, 7) is 3.04. The molecule has 1 aromatic carbocycles. The average molecular weight is 439 g/mol. The van der Waals surface area contributed by atoms with Gasteiger partial charge < -0.3 is 15.0 Å². The van der Waals surface area contributed by atoms with Crippen molar-refractivity contribution >= 4 is 53.8 Å². The van der Waals surface area contributed by atoms with Gasteiger partial charge in [0.15, 0.2) is 0 Å². The zero-order valence-electron chi connectivity index (χ0n) is 15.6. The predicted molar refractivity (Wildman–Crippen MR) is 122 cm³/mol. The maximum atomic E-state index is 12.2. The summed E-state index contributed by atoms with van der Waals surface area (Å²) in [5, 5.41) is 6.38. The van der Waals surface area contributed by atoms with Crippen LogP contribution in [0.4, 0.5) is 5.69 Å². The number of carbonyl (C=O) groups is 1. The summed E-state index contributed by atoms with van der Waals surface area (Å²) in [5.41, 5.74) is 4.91. The second kappa shape index (κ2) is 10.2. The Morgan fingerprint density at radius 1 is 1.29 bits per heavy atom. The van der Waals surface area contributed by atoms with E-state index in [0.717, 1.165) is 46.2 Å². The summed E-state index contributed by atoms with van der Waals surface area (Å²) in [4.78, 5) is 16.9. The lowest BCUT2D eigenvalue weighted by Crippen LogP contribution is -2.39. The number of anilines is 1. The van der Waals surface area contributed by atoms with Gasteiger partial charge in [-0.3, -0.25) is 4.79 Å². The minimum atomic E-state index is 0. The van der Waals surface area contributed by atoms with Gasteiger partial charge in [-0.2, -0.15) is 11.8 Å². The van der Waals surface area contributed by atoms with Gasteiger partial charge in [-0.1, -0.05) is 18.2 Å². The van der Waals surface area contributed by atoms with E-state index in [-0.39, 0.29) is 36.8 Å². The SMILES string of the molecule is Cc1cccn2cc(-c3ccc(NC(=O)CC4CSCCN4)cc3)nc12.Cl.Cl. The molecule has 3 aromatic rings. The van der Waals surface area contributed by atoms with Crippen LogP contribution in [0.5, 0.6) is 0 Å². The van der Waals surface area contributed by atoms with E-state index in [9.17, 15) is 4.79 Å². The fraction of sp³-hybridized carbons (Fsp3) is 0.300. The van der Waals surface area contributed by atoms with Crippen LogP contribution in [0.15, 0.2) is 48.8 Å². The molecular weight excluding hydrogens is 415 g/mol. The number of pyridine rings is 1. The third-order valence-electron chi connectivity index (χ3n) is 4.57. The number of thioether (sulfide) groups is 1. The highest BCUT2D eigenvalue weighted by Gasteiger charge is 2.16. The molecule has 0 aliphatic carbocycles. The first-order valence-corrected chi connectivity index (χ1v) is 10.0. The normalized spacial score (nSPS) is 16.1. The highest BCUT2D eigenvalue weighted by atomic mass is 35.5.